The second-order valence-electron chi connectivity index (χ2n) is 2.85. The van der Waals surface area contributed by atoms with Gasteiger partial charge in [0.25, 0.3) is 0 Å². The molecule has 0 saturated heterocycles. The Kier molecular flexibility index (Phi) is 5.28. The molecule has 1 aromatic heterocycles. The molecule has 0 amide bonds. The average molecular weight is 206 g/mol. The number of hydrogen-bond donors (Lipinski definition) is 1. The number of nitrogens with two attached hydrogens (primary N) is 1. The van der Waals surface area contributed by atoms with Crippen LogP contribution in [0.1, 0.15) is 11.6 Å². The quantitative estimate of drug-likeness (QED) is 0.498. The second-order valence-corrected chi connectivity index (χ2v) is 2.85. The van der Waals surface area contributed by atoms with E-state index in [1.165, 1.54) is 0 Å². The molecule has 1 rings (SSSR count). The van der Waals surface area contributed by atoms with Crippen LogP contribution in [0.2, 0.25) is 0 Å². The van der Waals surface area contributed by atoms with Gasteiger partial charge in [-0.1, -0.05) is 0 Å². The van der Waals surface area contributed by atoms with Gasteiger partial charge in [-0.3, -0.25) is 0 Å². The van der Waals surface area contributed by atoms with Crippen LogP contribution in [0.15, 0.2) is 0 Å². The van der Waals surface area contributed by atoms with Gasteiger partial charge in [-0.15, -0.1) is 10.2 Å². The van der Waals surface area contributed by atoms with Gasteiger partial charge in [0, 0.05) is 13.5 Å². The van der Waals surface area contributed by atoms with Gasteiger partial charge in [0.05, 0.1) is 12.0 Å². The zero-order valence-electron chi connectivity index (χ0n) is 8.52. The van der Waals surface area contributed by atoms with E-state index in [1.807, 2.05) is 0 Å². The molecule has 14 heavy (non-hydrogen) atoms. The zero-order chi connectivity index (χ0) is 10.0. The first-order chi connectivity index (χ1) is 6.02. The summed E-state index contributed by atoms with van der Waals surface area (Å²) in [5.41, 5.74) is 5.28. The third kappa shape index (κ3) is 3.06. The molecule has 0 aliphatic heterocycles. The maximum Gasteiger partial charge on any atom is 1.00 e. The molecule has 2 N–H and O–H groups in total. The molecule has 1 heterocycles. The normalized spacial score (nSPS) is 11.9. The smallest absolute Gasteiger partial charge is 0.548 e. The third-order valence-electron chi connectivity index (χ3n) is 1.89. The third-order valence-corrected chi connectivity index (χ3v) is 1.89. The number of rotatable bonds is 3. The maximum absolute atomic E-state index is 10.3. The predicted molar refractivity (Wildman–Crippen MR) is 42.4 cm³/mol. The van der Waals surface area contributed by atoms with Crippen LogP contribution in [0.3, 0.4) is 0 Å². The Morgan fingerprint density at radius 3 is 2.57 bits per heavy atom. The van der Waals surface area contributed by atoms with E-state index >= 15 is 0 Å². The van der Waals surface area contributed by atoms with E-state index in [0.29, 0.717) is 5.82 Å². The molecule has 1 aromatic rings. The maximum atomic E-state index is 10.3. The summed E-state index contributed by atoms with van der Waals surface area (Å²) < 4.78 is 1.70. The fraction of sp³-hybridized carbons (Fsp3) is 0.571. The largest absolute Gasteiger partial charge is 1.00 e. The molecule has 0 fully saturated rings. The number of carboxylic acids is 1. The first-order valence-electron chi connectivity index (χ1n) is 3.83. The van der Waals surface area contributed by atoms with Crippen molar-refractivity contribution in [2.45, 2.75) is 19.4 Å². The van der Waals surface area contributed by atoms with Gasteiger partial charge in [-0.25, -0.2) is 0 Å². The molecule has 0 aromatic carbocycles. The van der Waals surface area contributed by atoms with Gasteiger partial charge in [0.2, 0.25) is 0 Å². The van der Waals surface area contributed by atoms with Crippen molar-refractivity contribution in [1.82, 2.24) is 14.8 Å². The molecular weight excluding hydrogens is 195 g/mol. The van der Waals surface area contributed by atoms with E-state index in [9.17, 15) is 9.90 Å². The molecule has 0 bridgehead atoms. The van der Waals surface area contributed by atoms with E-state index in [0.717, 1.165) is 5.82 Å². The second kappa shape index (κ2) is 5.45. The van der Waals surface area contributed by atoms with Crippen molar-refractivity contribution in [3.63, 3.8) is 0 Å². The SMILES string of the molecule is Cc1nnc(CC(N)C(=O)[O-])n1C.[Na+]. The van der Waals surface area contributed by atoms with Gasteiger partial charge >= 0.3 is 29.6 Å². The van der Waals surface area contributed by atoms with E-state index < -0.39 is 12.0 Å². The summed E-state index contributed by atoms with van der Waals surface area (Å²) in [5.74, 6) is -0.00426. The summed E-state index contributed by atoms with van der Waals surface area (Å²) in [4.78, 5) is 10.3. The summed E-state index contributed by atoms with van der Waals surface area (Å²) >= 11 is 0. The standard InChI is InChI=1S/C7H12N4O2.Na/c1-4-9-10-6(11(4)2)3-5(8)7(12)13;/h5H,3,8H2,1-2H3,(H,12,13);/q;+1/p-1. The Hall–Kier alpha value is -0.430. The molecule has 0 radical (unpaired) electrons. The molecule has 0 aliphatic rings. The van der Waals surface area contributed by atoms with Crippen molar-refractivity contribution >= 4 is 5.97 Å². The topological polar surface area (TPSA) is 96.9 Å². The van der Waals surface area contributed by atoms with Gasteiger partial charge in [0.1, 0.15) is 11.6 Å². The molecule has 0 spiro atoms. The predicted octanol–water partition coefficient (Wildman–Crippen LogP) is -5.25. The number of hydrogen-bond acceptors (Lipinski definition) is 5. The minimum Gasteiger partial charge on any atom is -0.548 e. The molecule has 6 nitrogen and oxygen atoms in total. The van der Waals surface area contributed by atoms with Crippen molar-refractivity contribution in [1.29, 1.82) is 0 Å². The van der Waals surface area contributed by atoms with Crippen LogP contribution >= 0.6 is 0 Å². The van der Waals surface area contributed by atoms with Crippen molar-refractivity contribution in [3.05, 3.63) is 11.6 Å². The van der Waals surface area contributed by atoms with E-state index in [4.69, 9.17) is 5.73 Å². The van der Waals surface area contributed by atoms with Gasteiger partial charge in [-0.05, 0) is 6.92 Å². The number of carbonyl (C=O) groups is 1. The molecule has 0 aliphatic carbocycles. The monoisotopic (exact) mass is 206 g/mol. The van der Waals surface area contributed by atoms with Crippen molar-refractivity contribution in [3.8, 4) is 0 Å². The van der Waals surface area contributed by atoms with Gasteiger partial charge in [0.15, 0.2) is 0 Å². The van der Waals surface area contributed by atoms with Gasteiger partial charge < -0.3 is 20.2 Å². The number of carbonyl (C=O) groups excluding carboxylic acids is 1. The minimum absolute atomic E-state index is 0. The van der Waals surface area contributed by atoms with Crippen molar-refractivity contribution in [2.24, 2.45) is 12.8 Å². The Morgan fingerprint density at radius 1 is 1.64 bits per heavy atom. The molecule has 7 heteroatoms. The Bertz CT molecular complexity index is 325. The fourth-order valence-corrected chi connectivity index (χ4v) is 0.909. The fourth-order valence-electron chi connectivity index (χ4n) is 0.909. The summed E-state index contributed by atoms with van der Waals surface area (Å²) in [6.45, 7) is 1.78. The Balaban J connectivity index is 0.00000169. The van der Waals surface area contributed by atoms with Crippen LogP contribution in [0.5, 0.6) is 0 Å². The van der Waals surface area contributed by atoms with Crippen LogP contribution in [0, 0.1) is 6.92 Å². The Labute approximate surface area is 104 Å². The van der Waals surface area contributed by atoms with Crippen LogP contribution in [0.25, 0.3) is 0 Å². The molecule has 1 unspecified atom stereocenters. The van der Waals surface area contributed by atoms with Crippen molar-refractivity contribution < 1.29 is 39.5 Å². The number of carboxylic acid groups (broad SMARTS) is 1. The van der Waals surface area contributed by atoms with Crippen LogP contribution in [-0.2, 0) is 18.3 Å². The van der Waals surface area contributed by atoms with E-state index in [2.05, 4.69) is 10.2 Å². The number of aryl methyl sites for hydroxylation is 1. The van der Waals surface area contributed by atoms with Crippen LogP contribution < -0.4 is 40.4 Å². The number of nitrogens with zero attached hydrogens (tertiary/aromatic N) is 3. The van der Waals surface area contributed by atoms with Crippen LogP contribution in [-0.4, -0.2) is 26.8 Å². The minimum atomic E-state index is -1.28. The zero-order valence-corrected chi connectivity index (χ0v) is 10.5. The van der Waals surface area contributed by atoms with E-state index in [-0.39, 0.29) is 36.0 Å². The van der Waals surface area contributed by atoms with Crippen LogP contribution in [0.4, 0.5) is 0 Å². The first kappa shape index (κ1) is 13.6. The molecule has 72 valence electrons. The summed E-state index contributed by atoms with van der Waals surface area (Å²) in [5, 5.41) is 17.9. The summed E-state index contributed by atoms with van der Waals surface area (Å²) in [6, 6.07) is -1.03. The van der Waals surface area contributed by atoms with E-state index in [1.54, 1.807) is 18.5 Å². The Morgan fingerprint density at radius 2 is 2.21 bits per heavy atom. The molecular formula is C7H11N4NaO2. The molecule has 1 atom stereocenters. The number of aromatic nitrogens is 3. The average Bonchev–Trinajstić information content (AvgIpc) is 2.36. The summed E-state index contributed by atoms with van der Waals surface area (Å²) in [7, 11) is 1.76. The first-order valence-corrected chi connectivity index (χ1v) is 3.83. The summed E-state index contributed by atoms with van der Waals surface area (Å²) in [6.07, 6.45) is 0.139. The number of aliphatic carboxylic acids is 1. The molecule has 0 saturated carbocycles. The van der Waals surface area contributed by atoms with Crippen molar-refractivity contribution in [2.75, 3.05) is 0 Å². The van der Waals surface area contributed by atoms with Gasteiger partial charge in [-0.2, -0.15) is 0 Å².